The van der Waals surface area contributed by atoms with Crippen LogP contribution in [0, 0.1) is 0 Å². The molecular weight excluding hydrogens is 370 g/mol. The molecular formula is C18H24N3O3S2+. The molecule has 0 saturated carbocycles. The van der Waals surface area contributed by atoms with Crippen LogP contribution < -0.4 is 9.62 Å². The SMILES string of the molecule is CCNS(=O)(=O)c1ccc(C(=O)N2CC[NH+](Cc3ccsc3)CC2)cc1. The van der Waals surface area contributed by atoms with Crippen LogP contribution in [0.4, 0.5) is 0 Å². The molecule has 0 unspecified atom stereocenters. The highest BCUT2D eigenvalue weighted by Gasteiger charge is 2.25. The molecule has 6 nitrogen and oxygen atoms in total. The van der Waals surface area contributed by atoms with E-state index in [0.29, 0.717) is 12.1 Å². The number of nitrogens with one attached hydrogen (secondary N) is 2. The quantitative estimate of drug-likeness (QED) is 0.753. The molecule has 1 saturated heterocycles. The van der Waals surface area contributed by atoms with Crippen molar-refractivity contribution >= 4 is 27.3 Å². The van der Waals surface area contributed by atoms with Crippen LogP contribution in [-0.4, -0.2) is 51.9 Å². The Morgan fingerprint density at radius 1 is 1.19 bits per heavy atom. The van der Waals surface area contributed by atoms with E-state index in [1.54, 1.807) is 30.4 Å². The Bertz CT molecular complexity index is 825. The van der Waals surface area contributed by atoms with Gasteiger partial charge in [0.05, 0.1) is 31.1 Å². The molecule has 1 aliphatic heterocycles. The van der Waals surface area contributed by atoms with Crippen molar-refractivity contribution in [1.82, 2.24) is 9.62 Å². The van der Waals surface area contributed by atoms with Crippen LogP contribution in [0.2, 0.25) is 0 Å². The summed E-state index contributed by atoms with van der Waals surface area (Å²) < 4.78 is 26.4. The zero-order valence-corrected chi connectivity index (χ0v) is 16.4. The van der Waals surface area contributed by atoms with E-state index in [0.717, 1.165) is 32.7 Å². The second kappa shape index (κ2) is 8.30. The van der Waals surface area contributed by atoms with Gasteiger partial charge in [0.1, 0.15) is 6.54 Å². The normalized spacial score (nSPS) is 16.0. The maximum absolute atomic E-state index is 12.7. The number of nitrogens with zero attached hydrogens (tertiary/aromatic N) is 1. The smallest absolute Gasteiger partial charge is 0.254 e. The lowest BCUT2D eigenvalue weighted by Crippen LogP contribution is -3.13. The van der Waals surface area contributed by atoms with Crippen LogP contribution in [0.25, 0.3) is 0 Å². The largest absolute Gasteiger partial charge is 0.328 e. The van der Waals surface area contributed by atoms with Crippen LogP contribution >= 0.6 is 11.3 Å². The van der Waals surface area contributed by atoms with Crippen LogP contribution in [0.5, 0.6) is 0 Å². The first-order valence-corrected chi connectivity index (χ1v) is 11.2. The summed E-state index contributed by atoms with van der Waals surface area (Å²) in [7, 11) is -3.49. The lowest BCUT2D eigenvalue weighted by atomic mass is 10.2. The minimum Gasteiger partial charge on any atom is -0.328 e. The molecule has 26 heavy (non-hydrogen) atoms. The van der Waals surface area contributed by atoms with Crippen molar-refractivity contribution < 1.29 is 18.1 Å². The van der Waals surface area contributed by atoms with Crippen LogP contribution in [0.3, 0.4) is 0 Å². The third kappa shape index (κ3) is 4.50. The molecule has 1 amide bonds. The molecule has 0 bridgehead atoms. The number of carbonyl (C=O) groups is 1. The van der Waals surface area contributed by atoms with Crippen molar-refractivity contribution in [2.75, 3.05) is 32.7 Å². The van der Waals surface area contributed by atoms with Gasteiger partial charge in [-0.25, -0.2) is 13.1 Å². The third-order valence-corrected chi connectivity index (χ3v) is 6.83. The van der Waals surface area contributed by atoms with Gasteiger partial charge in [0.15, 0.2) is 0 Å². The maximum atomic E-state index is 12.7. The van der Waals surface area contributed by atoms with E-state index in [9.17, 15) is 13.2 Å². The highest BCUT2D eigenvalue weighted by atomic mass is 32.2. The second-order valence-corrected chi connectivity index (χ2v) is 8.92. The lowest BCUT2D eigenvalue weighted by molar-refractivity contribution is -0.917. The first kappa shape index (κ1) is 19.0. The number of hydrogen-bond acceptors (Lipinski definition) is 4. The van der Waals surface area contributed by atoms with Crippen LogP contribution in [-0.2, 0) is 16.6 Å². The Labute approximate surface area is 158 Å². The molecule has 1 fully saturated rings. The number of amides is 1. The number of sulfonamides is 1. The molecule has 1 aromatic heterocycles. The van der Waals surface area contributed by atoms with E-state index >= 15 is 0 Å². The standard InChI is InChI=1S/C18H23N3O3S2/c1-2-19-26(23,24)17-5-3-16(4-6-17)18(22)21-10-8-20(9-11-21)13-15-7-12-25-14-15/h3-7,12,14,19H,2,8-11,13H2,1H3/p+1. The summed E-state index contributed by atoms with van der Waals surface area (Å²) in [5, 5.41) is 4.27. The van der Waals surface area contributed by atoms with Gasteiger partial charge in [-0.15, -0.1) is 0 Å². The van der Waals surface area contributed by atoms with Crippen molar-refractivity contribution in [2.24, 2.45) is 0 Å². The molecule has 2 N–H and O–H groups in total. The predicted molar refractivity (Wildman–Crippen MR) is 102 cm³/mol. The summed E-state index contributed by atoms with van der Waals surface area (Å²) in [6, 6.07) is 8.32. The first-order chi connectivity index (χ1) is 12.5. The fourth-order valence-electron chi connectivity index (χ4n) is 3.12. The Balaban J connectivity index is 1.58. The van der Waals surface area contributed by atoms with Gasteiger partial charge in [0, 0.05) is 17.7 Å². The average molecular weight is 395 g/mol. The summed E-state index contributed by atoms with van der Waals surface area (Å²) in [6.07, 6.45) is 0. The molecule has 0 spiro atoms. The fraction of sp³-hybridized carbons (Fsp3) is 0.389. The van der Waals surface area contributed by atoms with Gasteiger partial charge in [-0.3, -0.25) is 4.79 Å². The Morgan fingerprint density at radius 3 is 2.46 bits per heavy atom. The highest BCUT2D eigenvalue weighted by Crippen LogP contribution is 2.12. The Morgan fingerprint density at radius 2 is 1.88 bits per heavy atom. The van der Waals surface area contributed by atoms with Crippen molar-refractivity contribution in [2.45, 2.75) is 18.4 Å². The number of hydrogen-bond donors (Lipinski definition) is 2. The van der Waals surface area contributed by atoms with E-state index in [4.69, 9.17) is 0 Å². The van der Waals surface area contributed by atoms with Crippen molar-refractivity contribution in [3.63, 3.8) is 0 Å². The minimum absolute atomic E-state index is 0.0352. The molecule has 1 aromatic carbocycles. The lowest BCUT2D eigenvalue weighted by Gasteiger charge is -2.32. The minimum atomic E-state index is -3.49. The summed E-state index contributed by atoms with van der Waals surface area (Å²) in [6.45, 7) is 6.35. The first-order valence-electron chi connectivity index (χ1n) is 8.73. The number of thiophene rings is 1. The summed E-state index contributed by atoms with van der Waals surface area (Å²) in [5.74, 6) is -0.0352. The van der Waals surface area contributed by atoms with Gasteiger partial charge in [0.25, 0.3) is 5.91 Å². The van der Waals surface area contributed by atoms with E-state index in [1.165, 1.54) is 22.6 Å². The molecule has 0 radical (unpaired) electrons. The molecule has 0 aliphatic carbocycles. The highest BCUT2D eigenvalue weighted by molar-refractivity contribution is 7.89. The van der Waals surface area contributed by atoms with Gasteiger partial charge >= 0.3 is 0 Å². The number of rotatable bonds is 6. The summed E-state index contributed by atoms with van der Waals surface area (Å²) in [4.78, 5) is 16.2. The Hall–Kier alpha value is -1.74. The van der Waals surface area contributed by atoms with E-state index in [2.05, 4.69) is 21.5 Å². The predicted octanol–water partition coefficient (Wildman–Crippen LogP) is 0.587. The fourth-order valence-corrected chi connectivity index (χ4v) is 4.83. The molecule has 0 atom stereocenters. The van der Waals surface area contributed by atoms with Crippen molar-refractivity contribution in [1.29, 1.82) is 0 Å². The third-order valence-electron chi connectivity index (χ3n) is 4.54. The average Bonchev–Trinajstić information content (AvgIpc) is 3.15. The van der Waals surface area contributed by atoms with Crippen molar-refractivity contribution in [3.05, 3.63) is 52.2 Å². The van der Waals surface area contributed by atoms with E-state index in [-0.39, 0.29) is 10.8 Å². The molecule has 1 aliphatic rings. The van der Waals surface area contributed by atoms with Crippen molar-refractivity contribution in [3.8, 4) is 0 Å². The van der Waals surface area contributed by atoms with E-state index < -0.39 is 10.0 Å². The van der Waals surface area contributed by atoms with Gasteiger partial charge < -0.3 is 9.80 Å². The summed E-state index contributed by atoms with van der Waals surface area (Å²) >= 11 is 1.71. The van der Waals surface area contributed by atoms with Crippen LogP contribution in [0.15, 0.2) is 46.0 Å². The van der Waals surface area contributed by atoms with Gasteiger partial charge in [-0.05, 0) is 41.1 Å². The van der Waals surface area contributed by atoms with Gasteiger partial charge in [-0.1, -0.05) is 6.92 Å². The molecule has 2 aromatic rings. The number of benzene rings is 1. The summed E-state index contributed by atoms with van der Waals surface area (Å²) in [5.41, 5.74) is 1.88. The number of quaternary nitrogens is 1. The zero-order valence-electron chi connectivity index (χ0n) is 14.8. The van der Waals surface area contributed by atoms with Gasteiger partial charge in [-0.2, -0.15) is 11.3 Å². The monoisotopic (exact) mass is 394 g/mol. The molecule has 8 heteroatoms. The topological polar surface area (TPSA) is 70.9 Å². The molecule has 2 heterocycles. The molecule has 140 valence electrons. The van der Waals surface area contributed by atoms with Gasteiger partial charge in [0.2, 0.25) is 10.0 Å². The molecule has 3 rings (SSSR count). The zero-order chi connectivity index (χ0) is 18.6. The Kier molecular flexibility index (Phi) is 6.08. The number of carbonyl (C=O) groups excluding carboxylic acids is 1. The maximum Gasteiger partial charge on any atom is 0.254 e. The second-order valence-electron chi connectivity index (χ2n) is 6.38. The number of piperazine rings is 1. The van der Waals surface area contributed by atoms with Crippen LogP contribution in [0.1, 0.15) is 22.8 Å². The van der Waals surface area contributed by atoms with E-state index in [1.807, 2.05) is 4.90 Å².